The lowest BCUT2D eigenvalue weighted by atomic mass is 10.1. The van der Waals surface area contributed by atoms with Crippen molar-refractivity contribution in [3.8, 4) is 5.75 Å². The van der Waals surface area contributed by atoms with Gasteiger partial charge < -0.3 is 4.74 Å². The number of halogens is 1. The molecule has 2 aromatic carbocycles. The molecule has 2 N–H and O–H groups in total. The van der Waals surface area contributed by atoms with Gasteiger partial charge in [-0.15, -0.1) is 11.8 Å². The standard InChI is InChI=1S/C20H21FN2O4S/c1-2-27-15-9-7-14(8-10-15)17(24)11-12-19(25)22-23-20(26)13-28-18-6-4-3-5-16(18)21/h3-10H,2,11-13H2,1H3,(H,22,25)(H,23,26). The fourth-order valence-corrected chi connectivity index (χ4v) is 2.96. The van der Waals surface area contributed by atoms with Crippen LogP contribution in [-0.2, 0) is 9.59 Å². The average Bonchev–Trinajstić information content (AvgIpc) is 2.70. The molecule has 8 heteroatoms. The van der Waals surface area contributed by atoms with Gasteiger partial charge in [-0.3, -0.25) is 25.2 Å². The van der Waals surface area contributed by atoms with Crippen LogP contribution in [0.5, 0.6) is 5.75 Å². The van der Waals surface area contributed by atoms with Crippen molar-refractivity contribution in [1.82, 2.24) is 10.9 Å². The van der Waals surface area contributed by atoms with Crippen molar-refractivity contribution in [2.75, 3.05) is 12.4 Å². The van der Waals surface area contributed by atoms with Crippen molar-refractivity contribution < 1.29 is 23.5 Å². The number of nitrogens with one attached hydrogen (secondary N) is 2. The molecule has 0 saturated heterocycles. The van der Waals surface area contributed by atoms with E-state index in [0.717, 1.165) is 11.8 Å². The van der Waals surface area contributed by atoms with Crippen LogP contribution in [0.1, 0.15) is 30.1 Å². The van der Waals surface area contributed by atoms with Crippen molar-refractivity contribution in [2.24, 2.45) is 0 Å². The number of rotatable bonds is 9. The van der Waals surface area contributed by atoms with Crippen molar-refractivity contribution in [1.29, 1.82) is 0 Å². The van der Waals surface area contributed by atoms with Crippen LogP contribution in [-0.4, -0.2) is 30.0 Å². The van der Waals surface area contributed by atoms with E-state index in [1.165, 1.54) is 6.07 Å². The molecule has 0 atom stereocenters. The average molecular weight is 404 g/mol. The zero-order chi connectivity index (χ0) is 20.4. The first kappa shape index (κ1) is 21.4. The summed E-state index contributed by atoms with van der Waals surface area (Å²) in [5, 5.41) is 0. The number of carbonyl (C=O) groups excluding carboxylic acids is 3. The van der Waals surface area contributed by atoms with E-state index in [1.54, 1.807) is 42.5 Å². The van der Waals surface area contributed by atoms with Gasteiger partial charge in [0.15, 0.2) is 5.78 Å². The molecule has 0 aliphatic heterocycles. The molecular formula is C20H21FN2O4S. The monoisotopic (exact) mass is 404 g/mol. The van der Waals surface area contributed by atoms with Crippen molar-refractivity contribution >= 4 is 29.4 Å². The smallest absolute Gasteiger partial charge is 0.248 e. The number of hydrogen-bond acceptors (Lipinski definition) is 5. The molecule has 0 heterocycles. The molecule has 2 aromatic rings. The summed E-state index contributed by atoms with van der Waals surface area (Å²) >= 11 is 1.02. The van der Waals surface area contributed by atoms with Gasteiger partial charge in [-0.25, -0.2) is 4.39 Å². The number of hydrogen-bond donors (Lipinski definition) is 2. The number of amides is 2. The van der Waals surface area contributed by atoms with Gasteiger partial charge in [0.1, 0.15) is 11.6 Å². The Hall–Kier alpha value is -2.87. The minimum absolute atomic E-state index is 0.0136. The van der Waals surface area contributed by atoms with E-state index in [-0.39, 0.29) is 24.4 Å². The molecule has 0 spiro atoms. The SMILES string of the molecule is CCOc1ccc(C(=O)CCC(=O)NNC(=O)CSc2ccccc2F)cc1. The van der Waals surface area contributed by atoms with Gasteiger partial charge in [-0.05, 0) is 43.3 Å². The summed E-state index contributed by atoms with van der Waals surface area (Å²) in [6, 6.07) is 12.8. The number of benzene rings is 2. The fourth-order valence-electron chi connectivity index (χ4n) is 2.22. The third kappa shape index (κ3) is 7.03. The number of thioether (sulfide) groups is 1. The molecule has 0 unspecified atom stereocenters. The Labute approximate surface area is 166 Å². The van der Waals surface area contributed by atoms with E-state index >= 15 is 0 Å². The van der Waals surface area contributed by atoms with E-state index in [0.29, 0.717) is 22.8 Å². The second kappa shape index (κ2) is 11.1. The Morgan fingerprint density at radius 3 is 2.32 bits per heavy atom. The molecule has 0 aliphatic rings. The van der Waals surface area contributed by atoms with Crippen LogP contribution in [0.2, 0.25) is 0 Å². The quantitative estimate of drug-likeness (QED) is 0.381. The van der Waals surface area contributed by atoms with Gasteiger partial charge >= 0.3 is 0 Å². The summed E-state index contributed by atoms with van der Waals surface area (Å²) in [5.74, 6) is -0.917. The lowest BCUT2D eigenvalue weighted by Gasteiger charge is -2.08. The summed E-state index contributed by atoms with van der Waals surface area (Å²) in [5.41, 5.74) is 4.98. The highest BCUT2D eigenvalue weighted by atomic mass is 32.2. The van der Waals surface area contributed by atoms with Crippen LogP contribution in [0.25, 0.3) is 0 Å². The molecular weight excluding hydrogens is 383 g/mol. The lowest BCUT2D eigenvalue weighted by molar-refractivity contribution is -0.127. The van der Waals surface area contributed by atoms with Crippen molar-refractivity contribution in [3.63, 3.8) is 0 Å². The number of ether oxygens (including phenoxy) is 1. The minimum atomic E-state index is -0.483. The highest BCUT2D eigenvalue weighted by Gasteiger charge is 2.11. The van der Waals surface area contributed by atoms with Gasteiger partial charge in [0, 0.05) is 23.3 Å². The van der Waals surface area contributed by atoms with Crippen LogP contribution < -0.4 is 15.6 Å². The second-order valence-corrected chi connectivity index (χ2v) is 6.71. The van der Waals surface area contributed by atoms with E-state index < -0.39 is 17.6 Å². The van der Waals surface area contributed by atoms with Gasteiger partial charge in [0.05, 0.1) is 12.4 Å². The molecule has 28 heavy (non-hydrogen) atoms. The molecule has 0 aromatic heterocycles. The molecule has 0 bridgehead atoms. The fraction of sp³-hybridized carbons (Fsp3) is 0.250. The van der Waals surface area contributed by atoms with Crippen LogP contribution in [0.4, 0.5) is 4.39 Å². The van der Waals surface area contributed by atoms with Crippen molar-refractivity contribution in [3.05, 3.63) is 59.9 Å². The van der Waals surface area contributed by atoms with Crippen LogP contribution in [0.15, 0.2) is 53.4 Å². The van der Waals surface area contributed by atoms with E-state index in [1.807, 2.05) is 6.92 Å². The molecule has 2 amide bonds. The maximum atomic E-state index is 13.5. The normalized spacial score (nSPS) is 10.2. The van der Waals surface area contributed by atoms with Gasteiger partial charge in [-0.1, -0.05) is 12.1 Å². The first-order chi connectivity index (χ1) is 13.5. The predicted octanol–water partition coefficient (Wildman–Crippen LogP) is 3.13. The van der Waals surface area contributed by atoms with Gasteiger partial charge in [0.2, 0.25) is 11.8 Å². The molecule has 2 rings (SSSR count). The van der Waals surface area contributed by atoms with E-state index in [9.17, 15) is 18.8 Å². The Kier molecular flexibility index (Phi) is 8.48. The summed E-state index contributed by atoms with van der Waals surface area (Å²) < 4.78 is 18.8. The van der Waals surface area contributed by atoms with Crippen LogP contribution in [0.3, 0.4) is 0 Å². The van der Waals surface area contributed by atoms with Crippen molar-refractivity contribution in [2.45, 2.75) is 24.7 Å². The largest absolute Gasteiger partial charge is 0.494 e. The van der Waals surface area contributed by atoms with Gasteiger partial charge in [0.25, 0.3) is 0 Å². The molecule has 0 radical (unpaired) electrons. The Balaban J connectivity index is 1.68. The topological polar surface area (TPSA) is 84.5 Å². The number of Topliss-reactive ketones (excluding diaryl/α,β-unsaturated/α-hetero) is 1. The first-order valence-electron chi connectivity index (χ1n) is 8.70. The highest BCUT2D eigenvalue weighted by molar-refractivity contribution is 8.00. The van der Waals surface area contributed by atoms with E-state index in [2.05, 4.69) is 10.9 Å². The molecule has 0 fully saturated rings. The molecule has 0 saturated carbocycles. The first-order valence-corrected chi connectivity index (χ1v) is 9.69. The number of ketones is 1. The van der Waals surface area contributed by atoms with Crippen LogP contribution >= 0.6 is 11.8 Å². The van der Waals surface area contributed by atoms with Crippen LogP contribution in [0, 0.1) is 5.82 Å². The lowest BCUT2D eigenvalue weighted by Crippen LogP contribution is -2.42. The Morgan fingerprint density at radius 2 is 1.64 bits per heavy atom. The highest BCUT2D eigenvalue weighted by Crippen LogP contribution is 2.20. The summed E-state index contributed by atoms with van der Waals surface area (Å²) in [4.78, 5) is 36.0. The molecule has 6 nitrogen and oxygen atoms in total. The maximum absolute atomic E-state index is 13.5. The Morgan fingerprint density at radius 1 is 0.964 bits per heavy atom. The zero-order valence-corrected chi connectivity index (χ0v) is 16.2. The molecule has 148 valence electrons. The van der Waals surface area contributed by atoms with Gasteiger partial charge in [-0.2, -0.15) is 0 Å². The molecule has 0 aliphatic carbocycles. The number of carbonyl (C=O) groups is 3. The van der Waals surface area contributed by atoms with E-state index in [4.69, 9.17) is 4.74 Å². The summed E-state index contributed by atoms with van der Waals surface area (Å²) in [6.07, 6.45) is -0.0492. The second-order valence-electron chi connectivity index (χ2n) is 5.70. The summed E-state index contributed by atoms with van der Waals surface area (Å²) in [6.45, 7) is 2.41. The minimum Gasteiger partial charge on any atom is -0.494 e. The predicted molar refractivity (Wildman–Crippen MR) is 105 cm³/mol. The Bertz CT molecular complexity index is 827. The third-order valence-corrected chi connectivity index (χ3v) is 4.65. The maximum Gasteiger partial charge on any atom is 0.248 e. The summed E-state index contributed by atoms with van der Waals surface area (Å²) in [7, 11) is 0. The number of hydrazine groups is 1. The zero-order valence-electron chi connectivity index (χ0n) is 15.4. The third-order valence-electron chi connectivity index (χ3n) is 3.60.